The maximum absolute atomic E-state index is 11.7. The number of hydrazone groups is 1. The summed E-state index contributed by atoms with van der Waals surface area (Å²) >= 11 is 6.00. The van der Waals surface area contributed by atoms with Crippen molar-refractivity contribution < 1.29 is 4.79 Å². The Morgan fingerprint density at radius 2 is 1.85 bits per heavy atom. The van der Waals surface area contributed by atoms with Gasteiger partial charge in [-0.2, -0.15) is 5.10 Å². The summed E-state index contributed by atoms with van der Waals surface area (Å²) in [6, 6.07) is 12.8. The van der Waals surface area contributed by atoms with E-state index in [-0.39, 0.29) is 5.91 Å². The molecule has 0 saturated heterocycles. The molecule has 2 rings (SSSR count). The van der Waals surface area contributed by atoms with Crippen molar-refractivity contribution in [1.82, 2.24) is 10.4 Å². The van der Waals surface area contributed by atoms with Gasteiger partial charge in [-0.05, 0) is 23.8 Å². The highest BCUT2D eigenvalue weighted by Crippen LogP contribution is 2.07. The van der Waals surface area contributed by atoms with Crippen molar-refractivity contribution in [3.05, 3.63) is 71.0 Å². The van der Waals surface area contributed by atoms with Crippen LogP contribution in [0, 0.1) is 0 Å². The lowest BCUT2D eigenvalue weighted by Gasteiger charge is -1.98. The first-order valence-electron chi connectivity index (χ1n) is 5.91. The SMILES string of the molecule is O=C(N/N=C/C(Cl)=C/c1ccccc1)c1ccncc1. The number of aromatic nitrogens is 1. The van der Waals surface area contributed by atoms with Crippen LogP contribution in [-0.4, -0.2) is 17.1 Å². The summed E-state index contributed by atoms with van der Waals surface area (Å²) in [4.78, 5) is 15.5. The summed E-state index contributed by atoms with van der Waals surface area (Å²) in [6.45, 7) is 0. The average Bonchev–Trinajstić information content (AvgIpc) is 2.49. The predicted octanol–water partition coefficient (Wildman–Crippen LogP) is 3.08. The van der Waals surface area contributed by atoms with Crippen molar-refractivity contribution in [2.45, 2.75) is 0 Å². The van der Waals surface area contributed by atoms with Gasteiger partial charge < -0.3 is 0 Å². The molecule has 100 valence electrons. The van der Waals surface area contributed by atoms with Gasteiger partial charge in [-0.15, -0.1) is 0 Å². The van der Waals surface area contributed by atoms with Crippen LogP contribution in [0.1, 0.15) is 15.9 Å². The second-order valence-electron chi connectivity index (χ2n) is 3.87. The summed E-state index contributed by atoms with van der Waals surface area (Å²) in [5, 5.41) is 4.22. The lowest BCUT2D eigenvalue weighted by molar-refractivity contribution is 0.0955. The largest absolute Gasteiger partial charge is 0.271 e. The van der Waals surface area contributed by atoms with Crippen molar-refractivity contribution in [3.8, 4) is 0 Å². The smallest absolute Gasteiger partial charge is 0.267 e. The van der Waals surface area contributed by atoms with Crippen molar-refractivity contribution in [3.63, 3.8) is 0 Å². The van der Waals surface area contributed by atoms with Gasteiger partial charge >= 0.3 is 0 Å². The van der Waals surface area contributed by atoms with Gasteiger partial charge in [0, 0.05) is 18.0 Å². The van der Waals surface area contributed by atoms with E-state index >= 15 is 0 Å². The number of carbonyl (C=O) groups is 1. The zero-order valence-corrected chi connectivity index (χ0v) is 11.3. The lowest BCUT2D eigenvalue weighted by Crippen LogP contribution is -2.17. The number of rotatable bonds is 4. The molecule has 1 amide bonds. The van der Waals surface area contributed by atoms with Gasteiger partial charge in [0.2, 0.25) is 0 Å². The summed E-state index contributed by atoms with van der Waals surface area (Å²) in [6.07, 6.45) is 6.22. The zero-order valence-electron chi connectivity index (χ0n) is 10.5. The molecule has 0 fully saturated rings. The van der Waals surface area contributed by atoms with Crippen molar-refractivity contribution in [1.29, 1.82) is 0 Å². The van der Waals surface area contributed by atoms with Crippen LogP contribution in [0.5, 0.6) is 0 Å². The number of carbonyl (C=O) groups excluding carboxylic acids is 1. The number of halogens is 1. The molecule has 1 aromatic carbocycles. The molecule has 1 aromatic heterocycles. The van der Waals surface area contributed by atoms with E-state index in [1.807, 2.05) is 30.3 Å². The fourth-order valence-electron chi connectivity index (χ4n) is 1.47. The molecule has 5 heteroatoms. The number of amides is 1. The molecule has 0 aliphatic carbocycles. The van der Waals surface area contributed by atoms with Crippen LogP contribution in [-0.2, 0) is 0 Å². The maximum atomic E-state index is 11.7. The van der Waals surface area contributed by atoms with E-state index in [4.69, 9.17) is 11.6 Å². The van der Waals surface area contributed by atoms with Crippen LogP contribution in [0.4, 0.5) is 0 Å². The Morgan fingerprint density at radius 3 is 2.55 bits per heavy atom. The predicted molar refractivity (Wildman–Crippen MR) is 80.5 cm³/mol. The minimum absolute atomic E-state index is 0.312. The van der Waals surface area contributed by atoms with Gasteiger partial charge in [0.05, 0.1) is 11.2 Å². The standard InChI is InChI=1S/C15H12ClN3O/c16-14(10-12-4-2-1-3-5-12)11-18-19-15(20)13-6-8-17-9-7-13/h1-11H,(H,19,20)/b14-10-,18-11+. The molecule has 0 radical (unpaired) electrons. The van der Waals surface area contributed by atoms with Crippen LogP contribution in [0.2, 0.25) is 0 Å². The fourth-order valence-corrected chi connectivity index (χ4v) is 1.64. The van der Waals surface area contributed by atoms with E-state index in [2.05, 4.69) is 15.5 Å². The molecule has 0 spiro atoms. The van der Waals surface area contributed by atoms with Crippen LogP contribution in [0.25, 0.3) is 6.08 Å². The van der Waals surface area contributed by atoms with E-state index in [1.165, 1.54) is 6.21 Å². The first-order chi connectivity index (χ1) is 9.75. The van der Waals surface area contributed by atoms with E-state index in [0.29, 0.717) is 10.6 Å². The quantitative estimate of drug-likeness (QED) is 0.693. The highest BCUT2D eigenvalue weighted by molar-refractivity contribution is 6.41. The van der Waals surface area contributed by atoms with E-state index in [0.717, 1.165) is 5.56 Å². The number of hydrogen-bond acceptors (Lipinski definition) is 3. The Hall–Kier alpha value is -2.46. The number of benzene rings is 1. The Labute approximate surface area is 121 Å². The molecule has 20 heavy (non-hydrogen) atoms. The number of nitrogens with zero attached hydrogens (tertiary/aromatic N) is 2. The molecule has 2 aromatic rings. The van der Waals surface area contributed by atoms with E-state index < -0.39 is 0 Å². The molecule has 0 aliphatic rings. The molecule has 1 N–H and O–H groups in total. The number of hydrogen-bond donors (Lipinski definition) is 1. The summed E-state index contributed by atoms with van der Waals surface area (Å²) in [7, 11) is 0. The van der Waals surface area contributed by atoms with Crippen LogP contribution >= 0.6 is 11.6 Å². The minimum atomic E-state index is -0.312. The second kappa shape index (κ2) is 7.21. The van der Waals surface area contributed by atoms with E-state index in [1.54, 1.807) is 30.6 Å². The summed E-state index contributed by atoms with van der Waals surface area (Å²) < 4.78 is 0. The normalized spacial score (nSPS) is 11.6. The Morgan fingerprint density at radius 1 is 1.15 bits per heavy atom. The van der Waals surface area contributed by atoms with Gasteiger partial charge in [-0.1, -0.05) is 41.9 Å². The minimum Gasteiger partial charge on any atom is -0.267 e. The maximum Gasteiger partial charge on any atom is 0.271 e. The third kappa shape index (κ3) is 4.33. The molecular weight excluding hydrogens is 274 g/mol. The topological polar surface area (TPSA) is 54.4 Å². The summed E-state index contributed by atoms with van der Waals surface area (Å²) in [5.41, 5.74) is 3.84. The van der Waals surface area contributed by atoms with E-state index in [9.17, 15) is 4.79 Å². The van der Waals surface area contributed by atoms with Gasteiger partial charge in [-0.25, -0.2) is 5.43 Å². The number of nitrogens with one attached hydrogen (secondary N) is 1. The van der Waals surface area contributed by atoms with Crippen molar-refractivity contribution >= 4 is 29.8 Å². The Balaban J connectivity index is 1.94. The zero-order chi connectivity index (χ0) is 14.2. The first-order valence-corrected chi connectivity index (χ1v) is 6.29. The van der Waals surface area contributed by atoms with Gasteiger partial charge in [0.15, 0.2) is 0 Å². The van der Waals surface area contributed by atoms with Gasteiger partial charge in [0.25, 0.3) is 5.91 Å². The molecule has 1 heterocycles. The van der Waals surface area contributed by atoms with Crippen LogP contribution in [0.15, 0.2) is 65.0 Å². The van der Waals surface area contributed by atoms with Gasteiger partial charge in [0.1, 0.15) is 0 Å². The first kappa shape index (κ1) is 14.0. The van der Waals surface area contributed by atoms with Crippen molar-refractivity contribution in [2.75, 3.05) is 0 Å². The molecule has 0 saturated carbocycles. The van der Waals surface area contributed by atoms with Crippen LogP contribution in [0.3, 0.4) is 0 Å². The molecule has 4 nitrogen and oxygen atoms in total. The highest BCUT2D eigenvalue weighted by atomic mass is 35.5. The fraction of sp³-hybridized carbons (Fsp3) is 0. The Kier molecular flexibility index (Phi) is 5.03. The molecule has 0 atom stereocenters. The number of pyridine rings is 1. The lowest BCUT2D eigenvalue weighted by atomic mass is 10.2. The highest BCUT2D eigenvalue weighted by Gasteiger charge is 2.01. The third-order valence-corrected chi connectivity index (χ3v) is 2.61. The van der Waals surface area contributed by atoms with Crippen molar-refractivity contribution in [2.24, 2.45) is 5.10 Å². The third-order valence-electron chi connectivity index (χ3n) is 2.40. The summed E-state index contributed by atoms with van der Waals surface area (Å²) in [5.74, 6) is -0.312. The van der Waals surface area contributed by atoms with Crippen LogP contribution < -0.4 is 5.43 Å². The second-order valence-corrected chi connectivity index (χ2v) is 4.31. The van der Waals surface area contributed by atoms with Gasteiger partial charge in [-0.3, -0.25) is 9.78 Å². The number of allylic oxidation sites excluding steroid dienone is 1. The molecule has 0 unspecified atom stereocenters. The monoisotopic (exact) mass is 285 g/mol. The Bertz CT molecular complexity index is 624. The molecular formula is C15H12ClN3O. The molecule has 0 aliphatic heterocycles. The average molecular weight is 286 g/mol. The molecule has 0 bridgehead atoms.